The van der Waals surface area contributed by atoms with Gasteiger partial charge in [-0.05, 0) is 60.7 Å². The first kappa shape index (κ1) is 19.0. The number of aromatic amines is 2. The Bertz CT molecular complexity index is 1350. The van der Waals surface area contributed by atoms with Crippen molar-refractivity contribution in [1.82, 2.24) is 19.9 Å². The van der Waals surface area contributed by atoms with Crippen LogP contribution in [0.2, 0.25) is 0 Å². The van der Waals surface area contributed by atoms with Crippen LogP contribution in [-0.4, -0.2) is 33.6 Å². The van der Waals surface area contributed by atoms with Crippen molar-refractivity contribution in [1.29, 1.82) is 0 Å². The van der Waals surface area contributed by atoms with E-state index < -0.39 is 0 Å². The summed E-state index contributed by atoms with van der Waals surface area (Å²) >= 11 is 0. The average Bonchev–Trinajstić information content (AvgIpc) is 3.39. The smallest absolute Gasteiger partial charge is 0.224 e. The Labute approximate surface area is 179 Å². The van der Waals surface area contributed by atoms with Crippen LogP contribution in [0.15, 0.2) is 60.9 Å². The number of aromatic nitrogens is 4. The lowest BCUT2D eigenvalue weighted by molar-refractivity contribution is 0.415. The third-order valence-corrected chi connectivity index (χ3v) is 5.33. The van der Waals surface area contributed by atoms with Crippen LogP contribution in [0.25, 0.3) is 21.8 Å². The molecule has 5 rings (SSSR count). The molecule has 0 fully saturated rings. The highest BCUT2D eigenvalue weighted by atomic mass is 16.5. The Kier molecular flexibility index (Phi) is 4.92. The van der Waals surface area contributed by atoms with E-state index in [1.54, 1.807) is 7.11 Å². The fourth-order valence-corrected chi connectivity index (χ4v) is 3.79. The van der Waals surface area contributed by atoms with Crippen LogP contribution in [0.1, 0.15) is 11.3 Å². The number of nitrogens with zero attached hydrogens (tertiary/aromatic N) is 2. The van der Waals surface area contributed by atoms with Gasteiger partial charge in [0.25, 0.3) is 0 Å². The first-order valence-electron chi connectivity index (χ1n) is 10.3. The molecule has 3 aromatic heterocycles. The molecule has 0 bridgehead atoms. The number of anilines is 3. The number of rotatable bonds is 7. The number of methoxy groups -OCH3 is 1. The number of nitrogens with one attached hydrogen (secondary N) is 4. The van der Waals surface area contributed by atoms with Gasteiger partial charge < -0.3 is 25.3 Å². The molecule has 0 aliphatic heterocycles. The second-order valence-corrected chi connectivity index (χ2v) is 7.53. The van der Waals surface area contributed by atoms with E-state index >= 15 is 0 Å². The van der Waals surface area contributed by atoms with Gasteiger partial charge in [-0.1, -0.05) is 6.07 Å². The van der Waals surface area contributed by atoms with Crippen molar-refractivity contribution < 1.29 is 4.74 Å². The number of hydrogen-bond donors (Lipinski definition) is 4. The van der Waals surface area contributed by atoms with Crippen LogP contribution in [0.4, 0.5) is 17.5 Å². The number of fused-ring (bicyclic) bond motifs is 2. The fourth-order valence-electron chi connectivity index (χ4n) is 3.79. The van der Waals surface area contributed by atoms with E-state index in [2.05, 4.69) is 54.8 Å². The molecule has 0 atom stereocenters. The largest absolute Gasteiger partial charge is 0.497 e. The molecular formula is C24H24N6O. The number of ether oxygens (including phenoxy) is 1. The van der Waals surface area contributed by atoms with Gasteiger partial charge in [0.05, 0.1) is 7.11 Å². The first-order chi connectivity index (χ1) is 15.2. The van der Waals surface area contributed by atoms with Gasteiger partial charge in [0.15, 0.2) is 0 Å². The van der Waals surface area contributed by atoms with E-state index in [-0.39, 0.29) is 0 Å². The minimum absolute atomic E-state index is 0.612. The molecule has 0 unspecified atom stereocenters. The predicted octanol–water partition coefficient (Wildman–Crippen LogP) is 5.15. The summed E-state index contributed by atoms with van der Waals surface area (Å²) in [6.07, 6.45) is 4.83. The Hall–Kier alpha value is -4.00. The highest BCUT2D eigenvalue weighted by Crippen LogP contribution is 2.24. The lowest BCUT2D eigenvalue weighted by Crippen LogP contribution is -2.09. The van der Waals surface area contributed by atoms with E-state index in [9.17, 15) is 0 Å². The third kappa shape index (κ3) is 4.02. The van der Waals surface area contributed by atoms with Crippen LogP contribution < -0.4 is 15.4 Å². The van der Waals surface area contributed by atoms with Crippen molar-refractivity contribution in [3.05, 3.63) is 72.2 Å². The van der Waals surface area contributed by atoms with Crippen LogP contribution in [0.5, 0.6) is 5.75 Å². The quantitative estimate of drug-likeness (QED) is 0.297. The topological polar surface area (TPSA) is 90.6 Å². The molecular weight excluding hydrogens is 388 g/mol. The summed E-state index contributed by atoms with van der Waals surface area (Å²) in [6, 6.07) is 16.3. The molecule has 7 nitrogen and oxygen atoms in total. The molecule has 0 aliphatic rings. The third-order valence-electron chi connectivity index (χ3n) is 5.33. The minimum atomic E-state index is 0.612. The molecule has 4 N–H and O–H groups in total. The zero-order valence-corrected chi connectivity index (χ0v) is 17.5. The van der Waals surface area contributed by atoms with Crippen molar-refractivity contribution in [2.75, 3.05) is 24.3 Å². The number of benzene rings is 2. The van der Waals surface area contributed by atoms with Gasteiger partial charge in [0, 0.05) is 52.8 Å². The lowest BCUT2D eigenvalue weighted by atomic mass is 10.1. The molecule has 0 aliphatic carbocycles. The van der Waals surface area contributed by atoms with Gasteiger partial charge in [-0.2, -0.15) is 4.98 Å². The first-order valence-corrected chi connectivity index (χ1v) is 10.3. The maximum Gasteiger partial charge on any atom is 0.224 e. The number of aryl methyl sites for hydroxylation is 1. The van der Waals surface area contributed by atoms with Crippen LogP contribution in [-0.2, 0) is 6.42 Å². The zero-order chi connectivity index (χ0) is 21.2. The van der Waals surface area contributed by atoms with E-state index in [1.165, 1.54) is 16.3 Å². The highest BCUT2D eigenvalue weighted by molar-refractivity contribution is 5.85. The average molecular weight is 412 g/mol. The van der Waals surface area contributed by atoms with Gasteiger partial charge >= 0.3 is 0 Å². The summed E-state index contributed by atoms with van der Waals surface area (Å²) in [7, 11) is 1.69. The molecule has 3 heterocycles. The van der Waals surface area contributed by atoms with Gasteiger partial charge in [0.1, 0.15) is 11.6 Å². The van der Waals surface area contributed by atoms with Gasteiger partial charge in [0.2, 0.25) is 5.95 Å². The van der Waals surface area contributed by atoms with E-state index in [1.807, 2.05) is 43.6 Å². The molecule has 0 amide bonds. The summed E-state index contributed by atoms with van der Waals surface area (Å²) in [4.78, 5) is 15.7. The van der Waals surface area contributed by atoms with Crippen molar-refractivity contribution >= 4 is 39.3 Å². The second-order valence-electron chi connectivity index (χ2n) is 7.53. The van der Waals surface area contributed by atoms with Gasteiger partial charge in [-0.25, -0.2) is 4.98 Å². The zero-order valence-electron chi connectivity index (χ0n) is 17.5. The Morgan fingerprint density at radius 3 is 2.81 bits per heavy atom. The number of H-pyrrole nitrogens is 2. The minimum Gasteiger partial charge on any atom is -0.497 e. The summed E-state index contributed by atoms with van der Waals surface area (Å²) in [5.74, 6) is 2.23. The summed E-state index contributed by atoms with van der Waals surface area (Å²) in [5, 5.41) is 9.09. The molecule has 0 saturated carbocycles. The van der Waals surface area contributed by atoms with Crippen molar-refractivity contribution in [2.45, 2.75) is 13.3 Å². The molecule has 156 valence electrons. The molecule has 2 aromatic carbocycles. The van der Waals surface area contributed by atoms with Crippen LogP contribution >= 0.6 is 0 Å². The van der Waals surface area contributed by atoms with Crippen LogP contribution in [0.3, 0.4) is 0 Å². The molecule has 0 spiro atoms. The van der Waals surface area contributed by atoms with E-state index in [4.69, 9.17) is 4.74 Å². The fraction of sp³-hybridized carbons (Fsp3) is 0.167. The Morgan fingerprint density at radius 2 is 1.90 bits per heavy atom. The normalized spacial score (nSPS) is 11.2. The van der Waals surface area contributed by atoms with Crippen molar-refractivity contribution in [3.8, 4) is 5.75 Å². The molecule has 0 radical (unpaired) electrons. The maximum atomic E-state index is 5.36. The summed E-state index contributed by atoms with van der Waals surface area (Å²) in [5.41, 5.74) is 5.30. The van der Waals surface area contributed by atoms with Gasteiger partial charge in [-0.15, -0.1) is 0 Å². The SMILES string of the molecule is COc1ccc2[nH]cc(CCNc3nc(C)cc(Nc4ccc5cc[nH]c5c4)n3)c2c1. The van der Waals surface area contributed by atoms with Crippen LogP contribution in [0, 0.1) is 6.92 Å². The number of hydrogen-bond acceptors (Lipinski definition) is 5. The second kappa shape index (κ2) is 8.02. The monoisotopic (exact) mass is 412 g/mol. The summed E-state index contributed by atoms with van der Waals surface area (Å²) < 4.78 is 5.36. The standard InChI is InChI=1S/C24H24N6O/c1-15-11-23(29-18-4-3-16-7-9-25-22(16)12-18)30-24(28-15)26-10-8-17-14-27-21-6-5-19(31-2)13-20(17)21/h3-7,9,11-14,25,27H,8,10H2,1-2H3,(H2,26,28,29,30). The van der Waals surface area contributed by atoms with Gasteiger partial charge in [-0.3, -0.25) is 0 Å². The van der Waals surface area contributed by atoms with Crippen molar-refractivity contribution in [3.63, 3.8) is 0 Å². The van der Waals surface area contributed by atoms with Crippen molar-refractivity contribution in [2.24, 2.45) is 0 Å². The molecule has 31 heavy (non-hydrogen) atoms. The van der Waals surface area contributed by atoms with E-state index in [0.717, 1.165) is 46.9 Å². The predicted molar refractivity (Wildman–Crippen MR) is 125 cm³/mol. The maximum absolute atomic E-state index is 5.36. The Morgan fingerprint density at radius 1 is 0.968 bits per heavy atom. The Balaban J connectivity index is 1.28. The molecule has 0 saturated heterocycles. The molecule has 7 heteroatoms. The highest BCUT2D eigenvalue weighted by Gasteiger charge is 2.07. The molecule has 5 aromatic rings. The summed E-state index contributed by atoms with van der Waals surface area (Å²) in [6.45, 7) is 2.69. The van der Waals surface area contributed by atoms with E-state index in [0.29, 0.717) is 5.95 Å². The lowest BCUT2D eigenvalue weighted by Gasteiger charge is -2.10.